The van der Waals surface area contributed by atoms with Crippen molar-refractivity contribution in [3.05, 3.63) is 0 Å². The molecule has 2 amide bonds. The maximum absolute atomic E-state index is 11.2. The van der Waals surface area contributed by atoms with Gasteiger partial charge in [0.05, 0.1) is 12.2 Å². The molecule has 39 heavy (non-hydrogen) atoms. The van der Waals surface area contributed by atoms with Gasteiger partial charge in [0.1, 0.15) is 17.0 Å². The Balaban J connectivity index is -0.000000101. The van der Waals surface area contributed by atoms with Gasteiger partial charge in [-0.3, -0.25) is 4.79 Å². The number of carbonyl (C=O) groups excluding carboxylic acids is 3. The minimum absolute atomic E-state index is 0. The van der Waals surface area contributed by atoms with E-state index in [-0.39, 0.29) is 90.9 Å². The number of rotatable bonds is 2. The molecule has 3 rings (SSSR count). The normalized spacial score (nSPS) is 22.6. The summed E-state index contributed by atoms with van der Waals surface area (Å²) >= 11 is 0. The van der Waals surface area contributed by atoms with Gasteiger partial charge in [-0.2, -0.15) is 0 Å². The molecule has 3 fully saturated rings. The van der Waals surface area contributed by atoms with Crippen LogP contribution in [0.3, 0.4) is 0 Å². The minimum atomic E-state index is -0.474. The summed E-state index contributed by atoms with van der Waals surface area (Å²) in [6.45, 7) is 12.8. The van der Waals surface area contributed by atoms with Crippen molar-refractivity contribution >= 4 is 26.4 Å². The monoisotopic (exact) mass is 572 g/mol. The molecule has 0 aromatic heterocycles. The van der Waals surface area contributed by atoms with Gasteiger partial charge >= 0.3 is 41.7 Å². The number of hydrogen-bond acceptors (Lipinski definition) is 9. The third-order valence-electron chi connectivity index (χ3n) is 4.65. The Morgan fingerprint density at radius 1 is 0.872 bits per heavy atom. The number of amides is 2. The molecule has 7 N–H and O–H groups in total. The van der Waals surface area contributed by atoms with Crippen molar-refractivity contribution in [1.29, 1.82) is 0 Å². The first kappa shape index (κ1) is 47.9. The van der Waals surface area contributed by atoms with E-state index in [1.165, 1.54) is 0 Å². The molecule has 3 aliphatic carbocycles. The van der Waals surface area contributed by atoms with Gasteiger partial charge in [-0.25, -0.2) is 9.59 Å². The molecule has 0 aliphatic heterocycles. The van der Waals surface area contributed by atoms with Crippen molar-refractivity contribution in [1.82, 2.24) is 10.6 Å². The second-order valence-electron chi connectivity index (χ2n) is 11.0. The Labute approximate surface area is 262 Å². The van der Waals surface area contributed by atoms with Crippen molar-refractivity contribution in [3.8, 4) is 0 Å². The molecular weight excluding hydrogens is 516 g/mol. The van der Waals surface area contributed by atoms with Gasteiger partial charge in [0.2, 0.25) is 0 Å². The molecule has 0 unspecified atom stereocenters. The molecule has 227 valence electrons. The zero-order chi connectivity index (χ0) is 27.4. The molecule has 0 aromatic carbocycles. The SMILES string of the molecule is C.C.CC(C)(C)OC(=O)NC1CC(=O)C1.CC(C)(C)OC(=O)NC1CC(O)C1.CCO.NC1CC(O)C1.[B].[H-].[Na+]. The van der Waals surface area contributed by atoms with E-state index < -0.39 is 23.4 Å². The molecule has 0 bridgehead atoms. The van der Waals surface area contributed by atoms with E-state index in [9.17, 15) is 14.4 Å². The number of aliphatic hydroxyl groups excluding tert-OH is 3. The minimum Gasteiger partial charge on any atom is -1.00 e. The molecule has 0 spiro atoms. The number of ether oxygens (including phenoxy) is 2. The van der Waals surface area contributed by atoms with Crippen LogP contribution in [0.15, 0.2) is 0 Å². The predicted molar refractivity (Wildman–Crippen MR) is 152 cm³/mol. The van der Waals surface area contributed by atoms with Crippen LogP contribution in [0.5, 0.6) is 0 Å². The van der Waals surface area contributed by atoms with Gasteiger partial charge in [-0.05, 0) is 74.1 Å². The first-order valence-electron chi connectivity index (χ1n) is 12.2. The number of nitrogens with two attached hydrogens (primary N) is 1. The quantitative estimate of drug-likeness (QED) is 0.243. The molecule has 0 atom stereocenters. The van der Waals surface area contributed by atoms with Gasteiger partial charge in [0.15, 0.2) is 0 Å². The maximum atomic E-state index is 11.2. The summed E-state index contributed by atoms with van der Waals surface area (Å²) in [7, 11) is 0. The average molecular weight is 573 g/mol. The van der Waals surface area contributed by atoms with Gasteiger partial charge in [-0.15, -0.1) is 0 Å². The van der Waals surface area contributed by atoms with Crippen LogP contribution in [-0.4, -0.2) is 89.8 Å². The fourth-order valence-electron chi connectivity index (χ4n) is 2.88. The Kier molecular flexibility index (Phi) is 27.9. The van der Waals surface area contributed by atoms with Crippen LogP contribution in [0.2, 0.25) is 0 Å². The summed E-state index contributed by atoms with van der Waals surface area (Å²) in [5, 5.41) is 30.4. The Morgan fingerprint density at radius 2 is 1.18 bits per heavy atom. The molecule has 0 saturated heterocycles. The van der Waals surface area contributed by atoms with Crippen molar-refractivity contribution in [3.63, 3.8) is 0 Å². The fourth-order valence-corrected chi connectivity index (χ4v) is 2.88. The van der Waals surface area contributed by atoms with Crippen molar-refractivity contribution in [2.75, 3.05) is 6.61 Å². The van der Waals surface area contributed by atoms with Gasteiger partial charge < -0.3 is 42.6 Å². The molecule has 13 heteroatoms. The molecular formula is C26H56BN3NaO8. The zero-order valence-corrected chi connectivity index (χ0v) is 25.9. The van der Waals surface area contributed by atoms with E-state index >= 15 is 0 Å². The summed E-state index contributed by atoms with van der Waals surface area (Å²) in [5.41, 5.74) is 4.38. The smallest absolute Gasteiger partial charge is 1.00 e. The largest absolute Gasteiger partial charge is 1.00 e. The summed E-state index contributed by atoms with van der Waals surface area (Å²) in [6, 6.07) is 0.368. The number of nitrogens with one attached hydrogen (secondary N) is 2. The fraction of sp³-hybridized carbons (Fsp3) is 0.885. The second kappa shape index (κ2) is 22.8. The first-order valence-corrected chi connectivity index (χ1v) is 12.2. The first-order chi connectivity index (χ1) is 15.9. The average Bonchev–Trinajstić information content (AvgIpc) is 2.57. The maximum Gasteiger partial charge on any atom is 1.00 e. The third kappa shape index (κ3) is 27.1. The molecule has 0 heterocycles. The molecule has 0 aromatic rings. The zero-order valence-electron chi connectivity index (χ0n) is 24.9. The van der Waals surface area contributed by atoms with E-state index in [0.717, 1.165) is 12.8 Å². The van der Waals surface area contributed by atoms with Crippen LogP contribution in [0.1, 0.15) is 103 Å². The molecule has 3 aliphatic rings. The number of aliphatic hydroxyl groups is 3. The van der Waals surface area contributed by atoms with Crippen LogP contribution < -0.4 is 45.9 Å². The van der Waals surface area contributed by atoms with E-state index in [1.807, 2.05) is 20.8 Å². The summed E-state index contributed by atoms with van der Waals surface area (Å²) in [6.07, 6.45) is 2.60. The standard InChI is InChI=1S/C9H17NO3.C9H15NO3.C4H9NO.C2H6O.2CH4.B.Na.H/c2*1-9(2,3)13-8(12)10-6-4-7(11)5-6;5-3-1-4(6)2-3;1-2-3;;;;;/h6-7,11H,4-5H2,1-3H3,(H,10,12);6H,4-5H2,1-3H3,(H,10,12);3-4,6H,1-2,5H2;3H,2H2,1H3;2*1H4;;;/q;;;;;;;+1;-1. The summed E-state index contributed by atoms with van der Waals surface area (Å²) < 4.78 is 10.1. The van der Waals surface area contributed by atoms with E-state index in [2.05, 4.69) is 10.6 Å². The van der Waals surface area contributed by atoms with Gasteiger partial charge in [0.25, 0.3) is 0 Å². The molecule has 3 saturated carbocycles. The number of hydrogen-bond donors (Lipinski definition) is 6. The number of Topliss-reactive ketones (excluding diaryl/α,β-unsaturated/α-hetero) is 1. The molecule has 3 radical (unpaired) electrons. The van der Waals surface area contributed by atoms with Crippen LogP contribution in [-0.2, 0) is 14.3 Å². The van der Waals surface area contributed by atoms with Crippen LogP contribution in [0, 0.1) is 0 Å². The number of carbonyl (C=O) groups is 3. The Bertz CT molecular complexity index is 655. The topological polar surface area (TPSA) is 180 Å². The van der Waals surface area contributed by atoms with Gasteiger partial charge in [0, 0.05) is 46.0 Å². The third-order valence-corrected chi connectivity index (χ3v) is 4.65. The van der Waals surface area contributed by atoms with Crippen LogP contribution >= 0.6 is 0 Å². The Hall–Kier alpha value is -0.885. The summed E-state index contributed by atoms with van der Waals surface area (Å²) in [4.78, 5) is 32.9. The van der Waals surface area contributed by atoms with E-state index in [1.54, 1.807) is 27.7 Å². The summed E-state index contributed by atoms with van der Waals surface area (Å²) in [5.74, 6) is 0.195. The van der Waals surface area contributed by atoms with Crippen molar-refractivity contribution in [2.24, 2.45) is 5.73 Å². The van der Waals surface area contributed by atoms with Crippen LogP contribution in [0.4, 0.5) is 9.59 Å². The number of ketones is 1. The van der Waals surface area contributed by atoms with Gasteiger partial charge in [-0.1, -0.05) is 14.9 Å². The van der Waals surface area contributed by atoms with E-state index in [4.69, 9.17) is 30.5 Å². The Morgan fingerprint density at radius 3 is 1.38 bits per heavy atom. The molecule has 11 nitrogen and oxygen atoms in total. The predicted octanol–water partition coefficient (Wildman–Crippen LogP) is -0.248. The van der Waals surface area contributed by atoms with E-state index in [0.29, 0.717) is 31.7 Å². The van der Waals surface area contributed by atoms with Crippen LogP contribution in [0.25, 0.3) is 0 Å². The van der Waals surface area contributed by atoms with Crippen molar-refractivity contribution < 1.29 is 70.2 Å². The second-order valence-corrected chi connectivity index (χ2v) is 11.0. The van der Waals surface area contributed by atoms with Crippen molar-refractivity contribution in [2.45, 2.75) is 143 Å². The number of alkyl carbamates (subject to hydrolysis) is 2.